The summed E-state index contributed by atoms with van der Waals surface area (Å²) >= 11 is 0. The first-order valence-electron chi connectivity index (χ1n) is 7.89. The summed E-state index contributed by atoms with van der Waals surface area (Å²) in [4.78, 5) is 4.32. The van der Waals surface area contributed by atoms with Crippen LogP contribution in [0.2, 0.25) is 0 Å². The fourth-order valence-electron chi connectivity index (χ4n) is 2.44. The highest BCUT2D eigenvalue weighted by Crippen LogP contribution is 2.30. The van der Waals surface area contributed by atoms with E-state index in [1.807, 2.05) is 27.0 Å². The van der Waals surface area contributed by atoms with E-state index in [-0.39, 0.29) is 17.7 Å². The summed E-state index contributed by atoms with van der Waals surface area (Å²) in [6.07, 6.45) is 4.87. The highest BCUT2D eigenvalue weighted by Gasteiger charge is 2.31. The van der Waals surface area contributed by atoms with Gasteiger partial charge in [-0.2, -0.15) is 0 Å². The summed E-state index contributed by atoms with van der Waals surface area (Å²) in [5.41, 5.74) is 0.794. The van der Waals surface area contributed by atoms with Gasteiger partial charge in [-0.1, -0.05) is 6.92 Å². The van der Waals surface area contributed by atoms with E-state index in [9.17, 15) is 0 Å². The van der Waals surface area contributed by atoms with Crippen LogP contribution >= 0.6 is 0 Å². The van der Waals surface area contributed by atoms with E-state index < -0.39 is 0 Å². The molecule has 1 heterocycles. The van der Waals surface area contributed by atoms with Crippen molar-refractivity contribution < 1.29 is 9.47 Å². The Bertz CT molecular complexity index is 419. The molecule has 1 atom stereocenters. The minimum atomic E-state index is -0.304. The maximum Gasteiger partial charge on any atom is 0.138 e. The minimum Gasteiger partial charge on any atom is -0.489 e. The molecule has 0 aliphatic rings. The molecule has 0 aliphatic heterocycles. The molecule has 0 fully saturated rings. The highest BCUT2D eigenvalue weighted by atomic mass is 16.5. The van der Waals surface area contributed by atoms with Crippen LogP contribution in [0.25, 0.3) is 0 Å². The third-order valence-electron chi connectivity index (χ3n) is 3.25. The Labute approximate surface area is 129 Å². The number of rotatable bonds is 9. The average Bonchev–Trinajstić information content (AvgIpc) is 2.38. The second-order valence-electron chi connectivity index (χ2n) is 6.04. The van der Waals surface area contributed by atoms with Gasteiger partial charge < -0.3 is 14.8 Å². The fraction of sp³-hybridized carbons (Fsp3) is 0.706. The largest absolute Gasteiger partial charge is 0.489 e. The van der Waals surface area contributed by atoms with Gasteiger partial charge >= 0.3 is 0 Å². The van der Waals surface area contributed by atoms with E-state index in [0.717, 1.165) is 24.3 Å². The Kier molecular flexibility index (Phi) is 7.12. The normalized spacial score (nSPS) is 13.5. The smallest absolute Gasteiger partial charge is 0.138 e. The number of nitrogens with one attached hydrogen (secondary N) is 1. The molecular formula is C17H30N2O2. The van der Waals surface area contributed by atoms with Gasteiger partial charge in [0.05, 0.1) is 23.9 Å². The molecule has 0 saturated heterocycles. The van der Waals surface area contributed by atoms with Gasteiger partial charge in [0.2, 0.25) is 0 Å². The first-order valence-corrected chi connectivity index (χ1v) is 7.89. The van der Waals surface area contributed by atoms with Crippen LogP contribution in [0.3, 0.4) is 0 Å². The molecule has 1 aromatic heterocycles. The Morgan fingerprint density at radius 2 is 1.95 bits per heavy atom. The van der Waals surface area contributed by atoms with Crippen molar-refractivity contribution >= 4 is 0 Å². The van der Waals surface area contributed by atoms with Crippen LogP contribution in [0, 0.1) is 0 Å². The van der Waals surface area contributed by atoms with Crippen LogP contribution in [-0.2, 0) is 4.74 Å². The van der Waals surface area contributed by atoms with E-state index >= 15 is 0 Å². The molecule has 0 amide bonds. The van der Waals surface area contributed by atoms with Crippen molar-refractivity contribution in [3.63, 3.8) is 0 Å². The van der Waals surface area contributed by atoms with Crippen molar-refractivity contribution in [3.8, 4) is 5.75 Å². The maximum absolute atomic E-state index is 5.93. The van der Waals surface area contributed by atoms with Gasteiger partial charge in [-0.15, -0.1) is 0 Å². The first kappa shape index (κ1) is 17.9. The topological polar surface area (TPSA) is 43.4 Å². The highest BCUT2D eigenvalue weighted by molar-refractivity contribution is 5.28. The maximum atomic E-state index is 5.93. The molecule has 0 bridgehead atoms. The molecule has 0 aliphatic carbocycles. The summed E-state index contributed by atoms with van der Waals surface area (Å²) in [6.45, 7) is 14.1. The van der Waals surface area contributed by atoms with E-state index in [2.05, 4.69) is 37.1 Å². The lowest BCUT2D eigenvalue weighted by molar-refractivity contribution is -0.0392. The van der Waals surface area contributed by atoms with Gasteiger partial charge in [0, 0.05) is 12.8 Å². The Hall–Kier alpha value is -1.13. The summed E-state index contributed by atoms with van der Waals surface area (Å²) in [7, 11) is 0. The molecule has 1 N–H and O–H groups in total. The van der Waals surface area contributed by atoms with Crippen LogP contribution in [0.5, 0.6) is 5.75 Å². The molecule has 1 unspecified atom stereocenters. The number of hydrogen-bond acceptors (Lipinski definition) is 4. The quantitative estimate of drug-likeness (QED) is 0.753. The molecule has 1 aromatic rings. The lowest BCUT2D eigenvalue weighted by Crippen LogP contribution is -2.42. The molecule has 0 spiro atoms. The Morgan fingerprint density at radius 3 is 2.52 bits per heavy atom. The van der Waals surface area contributed by atoms with Crippen molar-refractivity contribution in [3.05, 3.63) is 24.0 Å². The zero-order valence-electron chi connectivity index (χ0n) is 14.3. The van der Waals surface area contributed by atoms with Crippen LogP contribution in [-0.4, -0.2) is 29.8 Å². The Morgan fingerprint density at radius 1 is 1.24 bits per heavy atom. The number of hydrogen-bond donors (Lipinski definition) is 1. The van der Waals surface area contributed by atoms with Gasteiger partial charge in [-0.3, -0.25) is 4.98 Å². The van der Waals surface area contributed by atoms with Gasteiger partial charge in [-0.05, 0) is 59.2 Å². The zero-order valence-corrected chi connectivity index (χ0v) is 14.3. The number of ether oxygens (including phenoxy) is 2. The summed E-state index contributed by atoms with van der Waals surface area (Å²) in [5.74, 6) is 0.804. The van der Waals surface area contributed by atoms with Crippen LogP contribution < -0.4 is 10.1 Å². The van der Waals surface area contributed by atoms with Gasteiger partial charge in [0.1, 0.15) is 5.75 Å². The van der Waals surface area contributed by atoms with E-state index in [1.165, 1.54) is 0 Å². The molecule has 1 rings (SSSR count). The van der Waals surface area contributed by atoms with E-state index in [4.69, 9.17) is 9.47 Å². The number of pyridine rings is 1. The zero-order chi connectivity index (χ0) is 15.9. The lowest BCUT2D eigenvalue weighted by atomic mass is 9.92. The van der Waals surface area contributed by atoms with Crippen LogP contribution in [0.1, 0.15) is 59.6 Å². The van der Waals surface area contributed by atoms with Crippen LogP contribution in [0.4, 0.5) is 0 Å². The summed E-state index contributed by atoms with van der Waals surface area (Å²) < 4.78 is 11.7. The van der Waals surface area contributed by atoms with Crippen molar-refractivity contribution in [1.29, 1.82) is 0 Å². The van der Waals surface area contributed by atoms with Crippen molar-refractivity contribution in [2.45, 2.75) is 65.7 Å². The molecular weight excluding hydrogens is 264 g/mol. The molecule has 0 saturated carbocycles. The van der Waals surface area contributed by atoms with Gasteiger partial charge in [-0.25, -0.2) is 0 Å². The second-order valence-corrected chi connectivity index (χ2v) is 6.04. The molecule has 4 nitrogen and oxygen atoms in total. The third kappa shape index (κ3) is 5.64. The predicted octanol–water partition coefficient (Wildman–Crippen LogP) is 3.72. The van der Waals surface area contributed by atoms with Crippen molar-refractivity contribution in [2.75, 3.05) is 13.2 Å². The summed E-state index contributed by atoms with van der Waals surface area (Å²) in [5, 5.41) is 3.57. The fourth-order valence-corrected chi connectivity index (χ4v) is 2.44. The monoisotopic (exact) mass is 294 g/mol. The third-order valence-corrected chi connectivity index (χ3v) is 3.25. The Balaban J connectivity index is 3.02. The molecule has 21 heavy (non-hydrogen) atoms. The minimum absolute atomic E-state index is 0.0839. The molecule has 4 heteroatoms. The standard InChI is InChI=1S/C17H30N2O2/c1-7-9-19-16(17(5,6)20-8-2)14-10-15(12-18-11-14)21-13(3)4/h10-13,16,19H,7-9H2,1-6H3. The predicted molar refractivity (Wildman–Crippen MR) is 86.7 cm³/mol. The molecule has 0 aromatic carbocycles. The molecule has 120 valence electrons. The first-order chi connectivity index (χ1) is 9.90. The van der Waals surface area contributed by atoms with E-state index in [0.29, 0.717) is 6.61 Å². The van der Waals surface area contributed by atoms with Gasteiger partial charge in [0.15, 0.2) is 0 Å². The van der Waals surface area contributed by atoms with E-state index in [1.54, 1.807) is 6.20 Å². The second kappa shape index (κ2) is 8.35. The van der Waals surface area contributed by atoms with Crippen molar-refractivity contribution in [2.24, 2.45) is 0 Å². The number of nitrogens with zero attached hydrogens (tertiary/aromatic N) is 1. The number of aromatic nitrogens is 1. The van der Waals surface area contributed by atoms with Gasteiger partial charge in [0.25, 0.3) is 0 Å². The SMILES string of the molecule is CCCNC(c1cncc(OC(C)C)c1)C(C)(C)OCC. The van der Waals surface area contributed by atoms with Crippen molar-refractivity contribution in [1.82, 2.24) is 10.3 Å². The summed E-state index contributed by atoms with van der Waals surface area (Å²) in [6, 6.07) is 2.14. The molecule has 0 radical (unpaired) electrons. The lowest BCUT2D eigenvalue weighted by Gasteiger charge is -2.35. The average molecular weight is 294 g/mol. The van der Waals surface area contributed by atoms with Crippen LogP contribution in [0.15, 0.2) is 18.5 Å².